The number of aliphatic hydroxyl groups is 1. The number of ether oxygens (including phenoxy) is 1. The molecule has 0 unspecified atom stereocenters. The van der Waals surface area contributed by atoms with E-state index in [9.17, 15) is 15.3 Å². The molecule has 2 rings (SSSR count). The molecule has 0 aromatic heterocycles. The highest BCUT2D eigenvalue weighted by molar-refractivity contribution is 5.84. The first kappa shape index (κ1) is 16.8. The van der Waals surface area contributed by atoms with Gasteiger partial charge in [-0.2, -0.15) is 0 Å². The highest BCUT2D eigenvalue weighted by atomic mass is 16.5. The molecule has 2 atom stereocenters. The molecule has 0 saturated carbocycles. The van der Waals surface area contributed by atoms with Crippen LogP contribution in [0.3, 0.4) is 0 Å². The summed E-state index contributed by atoms with van der Waals surface area (Å²) >= 11 is 0. The molecule has 5 heteroatoms. The van der Waals surface area contributed by atoms with Crippen LogP contribution in [0.15, 0.2) is 47.5 Å². The molecule has 0 radical (unpaired) electrons. The maximum absolute atomic E-state index is 10.3. The maximum atomic E-state index is 10.3. The van der Waals surface area contributed by atoms with Crippen molar-refractivity contribution in [3.05, 3.63) is 53.6 Å². The molecule has 2 aromatic carbocycles. The van der Waals surface area contributed by atoms with E-state index in [0.717, 1.165) is 0 Å². The van der Waals surface area contributed by atoms with Gasteiger partial charge in [-0.15, -0.1) is 0 Å². The number of aliphatic imine (C=N–C) groups is 1. The Balaban J connectivity index is 2.13. The molecule has 5 nitrogen and oxygen atoms in total. The zero-order valence-electron chi connectivity index (χ0n) is 13.2. The van der Waals surface area contributed by atoms with Crippen LogP contribution >= 0.6 is 0 Å². The first-order valence-electron chi connectivity index (χ1n) is 7.48. The summed E-state index contributed by atoms with van der Waals surface area (Å²) in [4.78, 5) is 4.30. The van der Waals surface area contributed by atoms with E-state index in [0.29, 0.717) is 23.5 Å². The molecule has 122 valence electrons. The number of aliphatic hydroxyl groups excluding tert-OH is 1. The molecule has 0 spiro atoms. The van der Waals surface area contributed by atoms with Crippen molar-refractivity contribution in [1.29, 1.82) is 0 Å². The predicted octanol–water partition coefficient (Wildman–Crippen LogP) is 3.04. The molecule has 2 aromatic rings. The zero-order valence-corrected chi connectivity index (χ0v) is 13.2. The molecule has 0 bridgehead atoms. The lowest BCUT2D eigenvalue weighted by atomic mass is 10.0. The lowest BCUT2D eigenvalue weighted by Gasteiger charge is -2.15. The molecule has 0 aliphatic heterocycles. The Morgan fingerprint density at radius 3 is 2.48 bits per heavy atom. The van der Waals surface area contributed by atoms with Crippen LogP contribution in [0.2, 0.25) is 0 Å². The lowest BCUT2D eigenvalue weighted by molar-refractivity contribution is 0.154. The number of benzene rings is 2. The Labute approximate surface area is 135 Å². The lowest BCUT2D eigenvalue weighted by Crippen LogP contribution is -2.12. The third-order valence-corrected chi connectivity index (χ3v) is 3.47. The molecule has 0 fully saturated rings. The second-order valence-electron chi connectivity index (χ2n) is 5.18. The van der Waals surface area contributed by atoms with Gasteiger partial charge in [0.2, 0.25) is 0 Å². The fraction of sp³-hybridized carbons (Fsp3) is 0.278. The SMILES string of the molecule is CCOc1cccc(C=N[C@@H](C)[C@@H](O)c2ccc(O)cc2)c1O. The number of para-hydroxylation sites is 1. The van der Waals surface area contributed by atoms with E-state index in [2.05, 4.69) is 4.99 Å². The third-order valence-electron chi connectivity index (χ3n) is 3.47. The molecule has 0 heterocycles. The van der Waals surface area contributed by atoms with Gasteiger partial charge in [0.1, 0.15) is 11.9 Å². The van der Waals surface area contributed by atoms with E-state index in [1.165, 1.54) is 18.3 Å². The summed E-state index contributed by atoms with van der Waals surface area (Å²) in [7, 11) is 0. The molecule has 0 aliphatic rings. The summed E-state index contributed by atoms with van der Waals surface area (Å²) in [6, 6.07) is 11.1. The molecule has 0 saturated heterocycles. The van der Waals surface area contributed by atoms with Gasteiger partial charge >= 0.3 is 0 Å². The smallest absolute Gasteiger partial charge is 0.166 e. The first-order valence-corrected chi connectivity index (χ1v) is 7.48. The highest BCUT2D eigenvalue weighted by Crippen LogP contribution is 2.29. The number of nitrogens with zero attached hydrogens (tertiary/aromatic N) is 1. The number of hydrogen-bond acceptors (Lipinski definition) is 5. The fourth-order valence-corrected chi connectivity index (χ4v) is 2.14. The minimum absolute atomic E-state index is 0.0319. The summed E-state index contributed by atoms with van der Waals surface area (Å²) in [5.41, 5.74) is 1.19. The molecular weight excluding hydrogens is 294 g/mol. The third kappa shape index (κ3) is 4.23. The van der Waals surface area contributed by atoms with E-state index in [4.69, 9.17) is 4.74 Å². The van der Waals surface area contributed by atoms with Crippen LogP contribution in [0.1, 0.15) is 31.1 Å². The Morgan fingerprint density at radius 2 is 1.83 bits per heavy atom. The van der Waals surface area contributed by atoms with Crippen molar-refractivity contribution in [3.8, 4) is 17.2 Å². The summed E-state index contributed by atoms with van der Waals surface area (Å²) in [5, 5.41) is 29.7. The van der Waals surface area contributed by atoms with Crippen molar-refractivity contribution in [3.63, 3.8) is 0 Å². The van der Waals surface area contributed by atoms with Gasteiger partial charge in [0, 0.05) is 11.8 Å². The molecule has 3 N–H and O–H groups in total. The summed E-state index contributed by atoms with van der Waals surface area (Å²) < 4.78 is 5.33. The van der Waals surface area contributed by atoms with Gasteiger partial charge in [0.15, 0.2) is 11.5 Å². The van der Waals surface area contributed by atoms with Crippen molar-refractivity contribution < 1.29 is 20.1 Å². The Hall–Kier alpha value is -2.53. The average molecular weight is 315 g/mol. The van der Waals surface area contributed by atoms with E-state index < -0.39 is 12.1 Å². The minimum atomic E-state index is -0.802. The van der Waals surface area contributed by atoms with Gasteiger partial charge in [0.25, 0.3) is 0 Å². The summed E-state index contributed by atoms with van der Waals surface area (Å²) in [5.74, 6) is 0.586. The van der Waals surface area contributed by atoms with Gasteiger partial charge in [-0.3, -0.25) is 4.99 Å². The topological polar surface area (TPSA) is 82.3 Å². The van der Waals surface area contributed by atoms with Crippen molar-refractivity contribution >= 4 is 6.21 Å². The first-order chi connectivity index (χ1) is 11.0. The fourth-order valence-electron chi connectivity index (χ4n) is 2.14. The standard InChI is InChI=1S/C18H21NO4/c1-3-23-16-6-4-5-14(18(16)22)11-19-12(2)17(21)13-7-9-15(20)10-8-13/h4-12,17,20-22H,3H2,1-2H3/t12-,17+/m0/s1. The van der Waals surface area contributed by atoms with Gasteiger partial charge in [-0.25, -0.2) is 0 Å². The minimum Gasteiger partial charge on any atom is -0.508 e. The number of rotatable bonds is 6. The molecule has 0 amide bonds. The average Bonchev–Trinajstić information content (AvgIpc) is 2.55. The van der Waals surface area contributed by atoms with E-state index in [1.807, 2.05) is 6.92 Å². The molecule has 0 aliphatic carbocycles. The van der Waals surface area contributed by atoms with Crippen molar-refractivity contribution in [1.82, 2.24) is 0 Å². The van der Waals surface area contributed by atoms with Gasteiger partial charge in [0.05, 0.1) is 12.6 Å². The Bertz CT molecular complexity index is 667. The predicted molar refractivity (Wildman–Crippen MR) is 89.4 cm³/mol. The van der Waals surface area contributed by atoms with Gasteiger partial charge in [-0.1, -0.05) is 18.2 Å². The molecular formula is C18H21NO4. The van der Waals surface area contributed by atoms with Crippen LogP contribution in [-0.2, 0) is 0 Å². The van der Waals surface area contributed by atoms with Crippen LogP contribution in [0.5, 0.6) is 17.2 Å². The second-order valence-corrected chi connectivity index (χ2v) is 5.18. The van der Waals surface area contributed by atoms with Crippen LogP contribution < -0.4 is 4.74 Å². The monoisotopic (exact) mass is 315 g/mol. The maximum Gasteiger partial charge on any atom is 0.166 e. The van der Waals surface area contributed by atoms with E-state index >= 15 is 0 Å². The summed E-state index contributed by atoms with van der Waals surface area (Å²) in [6.45, 7) is 4.08. The Kier molecular flexibility index (Phi) is 5.60. The zero-order chi connectivity index (χ0) is 16.8. The van der Waals surface area contributed by atoms with E-state index in [1.54, 1.807) is 37.3 Å². The number of hydrogen-bond donors (Lipinski definition) is 3. The summed E-state index contributed by atoms with van der Waals surface area (Å²) in [6.07, 6.45) is 0.718. The largest absolute Gasteiger partial charge is 0.508 e. The quantitative estimate of drug-likeness (QED) is 0.716. The van der Waals surface area contributed by atoms with Crippen molar-refractivity contribution in [2.24, 2.45) is 4.99 Å². The van der Waals surface area contributed by atoms with Crippen LogP contribution in [-0.4, -0.2) is 34.2 Å². The van der Waals surface area contributed by atoms with Gasteiger partial charge in [-0.05, 0) is 43.7 Å². The van der Waals surface area contributed by atoms with Crippen LogP contribution in [0.4, 0.5) is 0 Å². The van der Waals surface area contributed by atoms with Crippen LogP contribution in [0.25, 0.3) is 0 Å². The van der Waals surface area contributed by atoms with Crippen LogP contribution in [0, 0.1) is 0 Å². The number of phenolic OH excluding ortho intramolecular Hbond substituents is 2. The number of phenols is 2. The number of aromatic hydroxyl groups is 2. The highest BCUT2D eigenvalue weighted by Gasteiger charge is 2.15. The van der Waals surface area contributed by atoms with Crippen molar-refractivity contribution in [2.45, 2.75) is 26.0 Å². The molecule has 23 heavy (non-hydrogen) atoms. The van der Waals surface area contributed by atoms with Gasteiger partial charge < -0.3 is 20.1 Å². The second kappa shape index (κ2) is 7.65. The van der Waals surface area contributed by atoms with Crippen molar-refractivity contribution in [2.75, 3.05) is 6.61 Å². The normalized spacial score (nSPS) is 13.9. The van der Waals surface area contributed by atoms with E-state index in [-0.39, 0.29) is 11.5 Å². The Morgan fingerprint density at radius 1 is 1.13 bits per heavy atom.